The Balaban J connectivity index is 1.45. The Labute approximate surface area is 217 Å². The number of ether oxygens (including phenoxy) is 1. The van der Waals surface area contributed by atoms with E-state index in [9.17, 15) is 14.4 Å². The van der Waals surface area contributed by atoms with E-state index in [1.54, 1.807) is 17.2 Å². The van der Waals surface area contributed by atoms with Crippen LogP contribution in [0.1, 0.15) is 61.7 Å². The van der Waals surface area contributed by atoms with E-state index in [0.717, 1.165) is 57.1 Å². The van der Waals surface area contributed by atoms with Gasteiger partial charge in [-0.2, -0.15) is 0 Å². The number of benzene rings is 1. The fourth-order valence-corrected chi connectivity index (χ4v) is 4.50. The van der Waals surface area contributed by atoms with E-state index in [1.807, 2.05) is 29.2 Å². The molecule has 37 heavy (non-hydrogen) atoms. The van der Waals surface area contributed by atoms with Gasteiger partial charge in [-0.25, -0.2) is 0 Å². The summed E-state index contributed by atoms with van der Waals surface area (Å²) in [5.41, 5.74) is 1.75. The Morgan fingerprint density at radius 1 is 0.919 bits per heavy atom. The number of hydrogen-bond acceptors (Lipinski definition) is 6. The molecule has 0 unspecified atom stereocenters. The Bertz CT molecular complexity index is 1130. The van der Waals surface area contributed by atoms with Crippen LogP contribution < -0.4 is 20.3 Å². The third-order valence-corrected chi connectivity index (χ3v) is 6.83. The van der Waals surface area contributed by atoms with Crippen molar-refractivity contribution >= 4 is 29.1 Å². The first-order valence-corrected chi connectivity index (χ1v) is 13.4. The van der Waals surface area contributed by atoms with E-state index >= 15 is 0 Å². The van der Waals surface area contributed by atoms with Gasteiger partial charge in [0.25, 0.3) is 5.91 Å². The van der Waals surface area contributed by atoms with Crippen LogP contribution in [0, 0.1) is 0 Å². The van der Waals surface area contributed by atoms with Crippen molar-refractivity contribution in [2.45, 2.75) is 63.5 Å². The zero-order valence-electron chi connectivity index (χ0n) is 21.2. The number of anilines is 2. The number of fused-ring (bicyclic) bond motifs is 3. The van der Waals surface area contributed by atoms with Crippen LogP contribution in [0.4, 0.5) is 11.4 Å². The number of rotatable bonds is 6. The first-order chi connectivity index (χ1) is 18.1. The molecule has 1 aromatic heterocycles. The molecule has 0 atom stereocenters. The molecule has 2 aromatic rings. The minimum atomic E-state index is -0.234. The number of amides is 3. The summed E-state index contributed by atoms with van der Waals surface area (Å²) in [5, 5.41) is 6.03. The summed E-state index contributed by atoms with van der Waals surface area (Å²) in [5.74, 6) is 0.234. The molecule has 2 saturated carbocycles. The van der Waals surface area contributed by atoms with Crippen molar-refractivity contribution in [2.24, 2.45) is 0 Å². The Kier molecular flexibility index (Phi) is 7.87. The summed E-state index contributed by atoms with van der Waals surface area (Å²) in [6.07, 6.45) is 10.8. The van der Waals surface area contributed by atoms with Crippen LogP contribution in [-0.2, 0) is 9.59 Å². The lowest BCUT2D eigenvalue weighted by atomic mass is 10.1. The van der Waals surface area contributed by atoms with E-state index in [1.165, 1.54) is 6.20 Å². The van der Waals surface area contributed by atoms with Crippen molar-refractivity contribution in [2.75, 3.05) is 31.1 Å². The lowest BCUT2D eigenvalue weighted by Crippen LogP contribution is -2.42. The van der Waals surface area contributed by atoms with Crippen molar-refractivity contribution in [1.29, 1.82) is 0 Å². The topological polar surface area (TPSA) is 104 Å². The predicted molar refractivity (Wildman–Crippen MR) is 140 cm³/mol. The van der Waals surface area contributed by atoms with E-state index < -0.39 is 0 Å². The molecule has 2 bridgehead atoms. The molecule has 0 radical (unpaired) electrons. The molecule has 5 rings (SSSR count). The quantitative estimate of drug-likeness (QED) is 0.625. The second-order valence-corrected chi connectivity index (χ2v) is 10.2. The molecule has 1 aromatic carbocycles. The Hall–Kier alpha value is -3.62. The maximum absolute atomic E-state index is 13.6. The number of nitrogens with one attached hydrogen (secondary N) is 2. The highest BCUT2D eigenvalue weighted by Gasteiger charge is 2.28. The molecule has 196 valence electrons. The molecule has 9 nitrogen and oxygen atoms in total. The van der Waals surface area contributed by atoms with Crippen LogP contribution in [0.2, 0.25) is 0 Å². The van der Waals surface area contributed by atoms with E-state index in [4.69, 9.17) is 4.74 Å². The monoisotopic (exact) mass is 505 g/mol. The van der Waals surface area contributed by atoms with Gasteiger partial charge in [-0.15, -0.1) is 0 Å². The summed E-state index contributed by atoms with van der Waals surface area (Å²) in [6.45, 7) is 1.16. The predicted octanol–water partition coefficient (Wildman–Crippen LogP) is 3.17. The van der Waals surface area contributed by atoms with E-state index in [2.05, 4.69) is 15.6 Å². The van der Waals surface area contributed by atoms with Crippen molar-refractivity contribution in [3.8, 4) is 5.75 Å². The summed E-state index contributed by atoms with van der Waals surface area (Å²) >= 11 is 0. The van der Waals surface area contributed by atoms with Crippen molar-refractivity contribution in [3.05, 3.63) is 48.3 Å². The lowest BCUT2D eigenvalue weighted by molar-refractivity contribution is -0.122. The Morgan fingerprint density at radius 3 is 2.38 bits per heavy atom. The molecule has 2 aliphatic carbocycles. The maximum Gasteiger partial charge on any atom is 0.255 e. The van der Waals surface area contributed by atoms with Crippen LogP contribution in [0.3, 0.4) is 0 Å². The minimum absolute atomic E-state index is 0.0268. The lowest BCUT2D eigenvalue weighted by Gasteiger charge is -2.27. The molecule has 0 spiro atoms. The third-order valence-electron chi connectivity index (χ3n) is 6.83. The number of hydrogen-bond donors (Lipinski definition) is 2. The zero-order chi connectivity index (χ0) is 25.6. The Morgan fingerprint density at radius 2 is 1.62 bits per heavy atom. The standard InChI is InChI=1S/C28H35N5O4/c34-26(30-21-9-10-21)18-32-13-5-1-2-6-14-37-25-8-4-3-7-24(25)33(19-27(35)31-22-11-12-22)23-15-20(28(32)36)16-29-17-23/h3-4,7-8,15-17,21-22H,1-2,5-6,9-14,18-19H2,(H,30,34)(H,31,35). The van der Waals surface area contributed by atoms with Gasteiger partial charge in [0.05, 0.1) is 36.3 Å². The molecule has 3 amide bonds. The fourth-order valence-electron chi connectivity index (χ4n) is 4.50. The van der Waals surface area contributed by atoms with Gasteiger partial charge >= 0.3 is 0 Å². The second kappa shape index (κ2) is 11.6. The maximum atomic E-state index is 13.6. The van der Waals surface area contributed by atoms with Gasteiger partial charge < -0.3 is 25.2 Å². The average molecular weight is 506 g/mol. The highest BCUT2D eigenvalue weighted by molar-refractivity contribution is 5.97. The van der Waals surface area contributed by atoms with Crippen LogP contribution in [0.15, 0.2) is 42.7 Å². The van der Waals surface area contributed by atoms with Crippen molar-refractivity contribution < 1.29 is 19.1 Å². The summed E-state index contributed by atoms with van der Waals surface area (Å²) in [4.78, 5) is 46.9. The highest BCUT2D eigenvalue weighted by Crippen LogP contribution is 2.34. The first-order valence-electron chi connectivity index (χ1n) is 13.4. The SMILES string of the molecule is O=C(CN1CCCCCCOc2ccccc2N(CC(=O)NC2CC2)c2cncc(c2)C1=O)NC1CC1. The number of nitrogens with zero attached hydrogens (tertiary/aromatic N) is 3. The van der Waals surface area contributed by atoms with E-state index in [0.29, 0.717) is 30.2 Å². The van der Waals surface area contributed by atoms with Crippen molar-refractivity contribution in [1.82, 2.24) is 20.5 Å². The van der Waals surface area contributed by atoms with Crippen molar-refractivity contribution in [3.63, 3.8) is 0 Å². The number of para-hydroxylation sites is 2. The van der Waals surface area contributed by atoms with Gasteiger partial charge in [-0.05, 0) is 56.7 Å². The van der Waals surface area contributed by atoms with Gasteiger partial charge in [0, 0.05) is 24.8 Å². The van der Waals surface area contributed by atoms with Crippen LogP contribution in [-0.4, -0.2) is 65.9 Å². The number of carbonyl (C=O) groups excluding carboxylic acids is 3. The molecule has 2 heterocycles. The molecule has 2 fully saturated rings. The van der Waals surface area contributed by atoms with Gasteiger partial charge in [-0.1, -0.05) is 25.0 Å². The minimum Gasteiger partial charge on any atom is -0.491 e. The number of aromatic nitrogens is 1. The summed E-state index contributed by atoms with van der Waals surface area (Å²) in [6, 6.07) is 9.88. The van der Waals surface area contributed by atoms with Gasteiger partial charge in [0.15, 0.2) is 0 Å². The normalized spacial score (nSPS) is 18.6. The van der Waals surface area contributed by atoms with Gasteiger partial charge in [-0.3, -0.25) is 19.4 Å². The largest absolute Gasteiger partial charge is 0.491 e. The molecule has 0 saturated heterocycles. The van der Waals surface area contributed by atoms with Crippen LogP contribution in [0.25, 0.3) is 0 Å². The number of pyridine rings is 1. The highest BCUT2D eigenvalue weighted by atomic mass is 16.5. The molecule has 9 heteroatoms. The van der Waals surface area contributed by atoms with E-state index in [-0.39, 0.29) is 42.9 Å². The molecular formula is C28H35N5O4. The molecular weight excluding hydrogens is 470 g/mol. The second-order valence-electron chi connectivity index (χ2n) is 10.2. The summed E-state index contributed by atoms with van der Waals surface area (Å²) in [7, 11) is 0. The van der Waals surface area contributed by atoms with Gasteiger partial charge in [0.2, 0.25) is 11.8 Å². The third kappa shape index (κ3) is 6.99. The first kappa shape index (κ1) is 25.0. The van der Waals surface area contributed by atoms with Crippen LogP contribution in [0.5, 0.6) is 5.75 Å². The molecule has 1 aliphatic heterocycles. The summed E-state index contributed by atoms with van der Waals surface area (Å²) < 4.78 is 6.15. The van der Waals surface area contributed by atoms with Crippen LogP contribution >= 0.6 is 0 Å². The smallest absolute Gasteiger partial charge is 0.255 e. The fraction of sp³-hybridized carbons (Fsp3) is 0.500. The molecule has 3 aliphatic rings. The zero-order valence-corrected chi connectivity index (χ0v) is 21.2. The average Bonchev–Trinajstić information content (AvgIpc) is 3.83. The van der Waals surface area contributed by atoms with Gasteiger partial charge in [0.1, 0.15) is 12.3 Å². The molecule has 2 N–H and O–H groups in total. The number of carbonyl (C=O) groups is 3.